The average Bonchev–Trinajstić information content (AvgIpc) is 3.00. The van der Waals surface area contributed by atoms with E-state index in [2.05, 4.69) is 62.3 Å². The first kappa shape index (κ1) is 14.4. The van der Waals surface area contributed by atoms with Crippen LogP contribution in [0.2, 0.25) is 0 Å². The molecule has 0 bridgehead atoms. The second kappa shape index (κ2) is 5.77. The van der Waals surface area contributed by atoms with Crippen molar-refractivity contribution < 1.29 is 0 Å². The van der Waals surface area contributed by atoms with Crippen LogP contribution in [0.5, 0.6) is 0 Å². The van der Waals surface area contributed by atoms with Gasteiger partial charge in [-0.15, -0.1) is 5.10 Å². The minimum Gasteiger partial charge on any atom is -0.339 e. The molecule has 0 radical (unpaired) electrons. The van der Waals surface area contributed by atoms with Gasteiger partial charge in [0.05, 0.1) is 16.7 Å². The monoisotopic (exact) mass is 315 g/mol. The third kappa shape index (κ3) is 2.72. The van der Waals surface area contributed by atoms with E-state index in [0.717, 1.165) is 33.9 Å². The number of aryl methyl sites for hydroxylation is 2. The molecule has 2 aromatic carbocycles. The first-order valence-corrected chi connectivity index (χ1v) is 7.80. The van der Waals surface area contributed by atoms with Gasteiger partial charge >= 0.3 is 0 Å². The number of aromatic nitrogens is 4. The maximum absolute atomic E-state index is 4.53. The lowest BCUT2D eigenvalue weighted by molar-refractivity contribution is 0.986. The second-order valence-electron chi connectivity index (χ2n) is 5.84. The molecule has 0 amide bonds. The summed E-state index contributed by atoms with van der Waals surface area (Å²) in [5, 5.41) is 11.4. The first-order chi connectivity index (χ1) is 11.7. The number of rotatable bonds is 3. The Morgan fingerprint density at radius 2 is 1.83 bits per heavy atom. The predicted octanol–water partition coefficient (Wildman–Crippen LogP) is 4.18. The van der Waals surface area contributed by atoms with Crippen LogP contribution in [0, 0.1) is 13.8 Å². The first-order valence-electron chi connectivity index (χ1n) is 7.80. The summed E-state index contributed by atoms with van der Waals surface area (Å²) in [5.41, 5.74) is 6.18. The summed E-state index contributed by atoms with van der Waals surface area (Å²) in [5.74, 6) is 0.720. The maximum atomic E-state index is 4.53. The lowest BCUT2D eigenvalue weighted by Crippen LogP contribution is -1.96. The number of nitrogens with one attached hydrogen (secondary N) is 1. The van der Waals surface area contributed by atoms with Gasteiger partial charge in [-0.1, -0.05) is 12.1 Å². The molecular weight excluding hydrogens is 298 g/mol. The Kier molecular flexibility index (Phi) is 3.46. The Morgan fingerprint density at radius 3 is 2.62 bits per heavy atom. The van der Waals surface area contributed by atoms with Crippen LogP contribution in [0.1, 0.15) is 11.3 Å². The zero-order valence-electron chi connectivity index (χ0n) is 13.6. The fourth-order valence-corrected chi connectivity index (χ4v) is 2.69. The molecule has 1 N–H and O–H groups in total. The van der Waals surface area contributed by atoms with E-state index >= 15 is 0 Å². The molecule has 2 heterocycles. The van der Waals surface area contributed by atoms with Crippen LogP contribution in [0.3, 0.4) is 0 Å². The average molecular weight is 315 g/mol. The van der Waals surface area contributed by atoms with Crippen molar-refractivity contribution >= 4 is 22.5 Å². The molecule has 4 rings (SSSR count). The number of fused-ring (bicyclic) bond motifs is 1. The number of benzene rings is 2. The van der Waals surface area contributed by atoms with Crippen molar-refractivity contribution in [3.05, 3.63) is 72.2 Å². The second-order valence-corrected chi connectivity index (χ2v) is 5.84. The van der Waals surface area contributed by atoms with Crippen LogP contribution in [0.25, 0.3) is 16.7 Å². The Hall–Kier alpha value is -3.21. The molecule has 118 valence electrons. The van der Waals surface area contributed by atoms with Gasteiger partial charge in [0.2, 0.25) is 0 Å². The number of hydrogen-bond donors (Lipinski definition) is 1. The highest BCUT2D eigenvalue weighted by Crippen LogP contribution is 2.23. The van der Waals surface area contributed by atoms with Gasteiger partial charge in [0.1, 0.15) is 6.33 Å². The molecule has 5 heteroatoms. The van der Waals surface area contributed by atoms with E-state index in [1.54, 1.807) is 0 Å². The fourth-order valence-electron chi connectivity index (χ4n) is 2.69. The lowest BCUT2D eigenvalue weighted by Gasteiger charge is -2.07. The Bertz CT molecular complexity index is 1000. The number of hydrogen-bond acceptors (Lipinski definition) is 4. The molecule has 0 unspecified atom stereocenters. The van der Waals surface area contributed by atoms with Gasteiger partial charge in [0.15, 0.2) is 5.82 Å². The quantitative estimate of drug-likeness (QED) is 0.616. The zero-order chi connectivity index (χ0) is 16.5. The molecular formula is C19H17N5. The highest BCUT2D eigenvalue weighted by Gasteiger charge is 2.06. The topological polar surface area (TPSA) is 55.6 Å². The zero-order valence-corrected chi connectivity index (χ0v) is 13.6. The summed E-state index contributed by atoms with van der Waals surface area (Å²) in [6.45, 7) is 4.01. The van der Waals surface area contributed by atoms with Crippen molar-refractivity contribution in [3.8, 4) is 5.69 Å². The van der Waals surface area contributed by atoms with E-state index in [9.17, 15) is 0 Å². The predicted molar refractivity (Wildman–Crippen MR) is 95.9 cm³/mol. The van der Waals surface area contributed by atoms with Gasteiger partial charge < -0.3 is 5.32 Å². The van der Waals surface area contributed by atoms with Crippen molar-refractivity contribution in [1.82, 2.24) is 19.7 Å². The molecule has 0 aliphatic heterocycles. The Morgan fingerprint density at radius 1 is 0.917 bits per heavy atom. The van der Waals surface area contributed by atoms with E-state index in [1.165, 1.54) is 5.56 Å². The lowest BCUT2D eigenvalue weighted by atomic mass is 10.2. The van der Waals surface area contributed by atoms with E-state index in [0.29, 0.717) is 0 Å². The fraction of sp³-hybridized carbons (Fsp3) is 0.105. The molecule has 0 fully saturated rings. The van der Waals surface area contributed by atoms with Crippen molar-refractivity contribution in [2.75, 3.05) is 5.32 Å². The van der Waals surface area contributed by atoms with Crippen LogP contribution in [0.15, 0.2) is 60.9 Å². The summed E-state index contributed by atoms with van der Waals surface area (Å²) < 4.78 is 2.10. The summed E-state index contributed by atoms with van der Waals surface area (Å²) in [6, 6.07) is 18.3. The highest BCUT2D eigenvalue weighted by molar-refractivity contribution is 5.82. The number of nitrogens with zero attached hydrogens (tertiary/aromatic N) is 4. The minimum atomic E-state index is 0.720. The van der Waals surface area contributed by atoms with Crippen molar-refractivity contribution in [3.63, 3.8) is 0 Å². The van der Waals surface area contributed by atoms with Gasteiger partial charge in [-0.3, -0.25) is 4.57 Å². The van der Waals surface area contributed by atoms with Crippen molar-refractivity contribution in [2.45, 2.75) is 13.8 Å². The van der Waals surface area contributed by atoms with Crippen molar-refractivity contribution in [1.29, 1.82) is 0 Å². The Balaban J connectivity index is 1.69. The molecule has 0 saturated carbocycles. The van der Waals surface area contributed by atoms with Crippen LogP contribution < -0.4 is 5.32 Å². The molecule has 5 nitrogen and oxygen atoms in total. The third-order valence-electron chi connectivity index (χ3n) is 3.90. The van der Waals surface area contributed by atoms with Gasteiger partial charge in [0.25, 0.3) is 0 Å². The molecule has 4 aromatic rings. The minimum absolute atomic E-state index is 0.720. The van der Waals surface area contributed by atoms with Crippen LogP contribution in [0.4, 0.5) is 11.5 Å². The molecule has 0 atom stereocenters. The van der Waals surface area contributed by atoms with E-state index in [-0.39, 0.29) is 0 Å². The summed E-state index contributed by atoms with van der Waals surface area (Å²) in [6.07, 6.45) is 1.86. The van der Waals surface area contributed by atoms with Crippen LogP contribution >= 0.6 is 0 Å². The van der Waals surface area contributed by atoms with Gasteiger partial charge in [-0.2, -0.15) is 5.10 Å². The molecule has 0 saturated heterocycles. The normalized spacial score (nSPS) is 10.9. The van der Waals surface area contributed by atoms with Gasteiger partial charge in [-0.25, -0.2) is 4.98 Å². The molecule has 24 heavy (non-hydrogen) atoms. The SMILES string of the molecule is Cc1cccc(-n2cnc3cc(Nc4ccc(C)nn4)ccc32)c1. The largest absolute Gasteiger partial charge is 0.339 e. The van der Waals surface area contributed by atoms with E-state index in [1.807, 2.05) is 37.5 Å². The summed E-state index contributed by atoms with van der Waals surface area (Å²) >= 11 is 0. The van der Waals surface area contributed by atoms with Crippen LogP contribution in [-0.2, 0) is 0 Å². The number of imidazole rings is 1. The van der Waals surface area contributed by atoms with Crippen LogP contribution in [-0.4, -0.2) is 19.7 Å². The molecule has 0 aliphatic rings. The molecule has 0 aliphatic carbocycles. The highest BCUT2D eigenvalue weighted by atomic mass is 15.2. The molecule has 2 aromatic heterocycles. The van der Waals surface area contributed by atoms with Crippen molar-refractivity contribution in [2.24, 2.45) is 0 Å². The smallest absolute Gasteiger partial charge is 0.153 e. The van der Waals surface area contributed by atoms with Gasteiger partial charge in [0, 0.05) is 11.4 Å². The standard InChI is InChI=1S/C19H17N5/c1-13-4-3-5-16(10-13)24-12-20-17-11-15(7-8-18(17)24)21-19-9-6-14(2)22-23-19/h3-12H,1-2H3,(H,21,23). The molecule has 0 spiro atoms. The van der Waals surface area contributed by atoms with E-state index < -0.39 is 0 Å². The summed E-state index contributed by atoms with van der Waals surface area (Å²) in [4.78, 5) is 4.53. The van der Waals surface area contributed by atoms with E-state index in [4.69, 9.17) is 0 Å². The summed E-state index contributed by atoms with van der Waals surface area (Å²) in [7, 11) is 0. The van der Waals surface area contributed by atoms with Gasteiger partial charge in [-0.05, 0) is 61.9 Å². The number of anilines is 2. The Labute approximate surface area is 140 Å². The third-order valence-corrected chi connectivity index (χ3v) is 3.90. The maximum Gasteiger partial charge on any atom is 0.153 e.